The van der Waals surface area contributed by atoms with Gasteiger partial charge in [-0.3, -0.25) is 0 Å². The Kier molecular flexibility index (Phi) is 5.02. The van der Waals surface area contributed by atoms with Gasteiger partial charge in [-0.2, -0.15) is 0 Å². The molecule has 100 valence electrons. The van der Waals surface area contributed by atoms with E-state index in [9.17, 15) is 4.39 Å². The molecule has 1 aromatic carbocycles. The summed E-state index contributed by atoms with van der Waals surface area (Å²) in [4.78, 5) is 0. The molecule has 1 aromatic rings. The maximum absolute atomic E-state index is 13.2. The molecule has 0 saturated heterocycles. The van der Waals surface area contributed by atoms with Gasteiger partial charge in [0, 0.05) is 18.5 Å². The van der Waals surface area contributed by atoms with Crippen molar-refractivity contribution in [2.24, 2.45) is 5.92 Å². The largest absolute Gasteiger partial charge is 0.310 e. The molecule has 0 aliphatic heterocycles. The normalized spacial score (nSPS) is 24.2. The van der Waals surface area contributed by atoms with E-state index in [4.69, 9.17) is 11.6 Å². The number of rotatable bonds is 4. The first-order chi connectivity index (χ1) is 8.70. The van der Waals surface area contributed by atoms with E-state index in [1.165, 1.54) is 31.7 Å². The lowest BCUT2D eigenvalue weighted by Crippen LogP contribution is -2.39. The lowest BCUT2D eigenvalue weighted by molar-refractivity contribution is 0.282. The van der Waals surface area contributed by atoms with Crippen LogP contribution >= 0.6 is 11.6 Å². The van der Waals surface area contributed by atoms with Gasteiger partial charge in [-0.25, -0.2) is 4.39 Å². The van der Waals surface area contributed by atoms with Crippen molar-refractivity contribution in [1.29, 1.82) is 0 Å². The molecule has 1 aliphatic carbocycles. The van der Waals surface area contributed by atoms with Crippen molar-refractivity contribution < 1.29 is 4.39 Å². The van der Waals surface area contributed by atoms with Gasteiger partial charge < -0.3 is 5.32 Å². The summed E-state index contributed by atoms with van der Waals surface area (Å²) in [6.07, 6.45) is 4.96. The molecule has 1 saturated carbocycles. The third kappa shape index (κ3) is 3.46. The number of hydrogen-bond donors (Lipinski definition) is 1. The average molecular weight is 270 g/mol. The Balaban J connectivity index is 1.95. The Morgan fingerprint density at radius 1 is 1.33 bits per heavy atom. The summed E-state index contributed by atoms with van der Waals surface area (Å²) in [6, 6.07) is 5.47. The summed E-state index contributed by atoms with van der Waals surface area (Å²) < 4.78 is 13.2. The van der Waals surface area contributed by atoms with Crippen LogP contribution in [0.2, 0.25) is 0 Å². The van der Waals surface area contributed by atoms with E-state index in [1.807, 2.05) is 13.0 Å². The zero-order valence-corrected chi connectivity index (χ0v) is 11.6. The fraction of sp³-hybridized carbons (Fsp3) is 0.600. The first-order valence-corrected chi connectivity index (χ1v) is 7.28. The summed E-state index contributed by atoms with van der Waals surface area (Å²) in [5.74, 6) is 1.13. The number of hydrogen-bond acceptors (Lipinski definition) is 1. The Morgan fingerprint density at radius 2 is 2.11 bits per heavy atom. The monoisotopic (exact) mass is 269 g/mol. The molecule has 3 heteroatoms. The summed E-state index contributed by atoms with van der Waals surface area (Å²) in [7, 11) is 0. The minimum Gasteiger partial charge on any atom is -0.310 e. The van der Waals surface area contributed by atoms with E-state index >= 15 is 0 Å². The van der Waals surface area contributed by atoms with Crippen LogP contribution in [0.4, 0.5) is 4.39 Å². The zero-order chi connectivity index (χ0) is 13.0. The van der Waals surface area contributed by atoms with Gasteiger partial charge in [-0.05, 0) is 48.9 Å². The molecule has 0 amide bonds. The van der Waals surface area contributed by atoms with Crippen molar-refractivity contribution in [3.05, 3.63) is 35.1 Å². The van der Waals surface area contributed by atoms with Crippen molar-refractivity contribution in [2.75, 3.05) is 5.88 Å². The average Bonchev–Trinajstić information content (AvgIpc) is 2.40. The third-order valence-electron chi connectivity index (χ3n) is 3.97. The van der Waals surface area contributed by atoms with E-state index < -0.39 is 0 Å². The predicted octanol–water partition coefficient (Wildman–Crippen LogP) is 4.02. The van der Waals surface area contributed by atoms with E-state index in [-0.39, 0.29) is 5.82 Å². The fourth-order valence-corrected chi connectivity index (χ4v) is 3.10. The SMILES string of the molecule is Cc1ccc(F)cc1CNC1CCCCC1CCl. The molecule has 2 atom stereocenters. The van der Waals surface area contributed by atoms with Crippen LogP contribution in [0, 0.1) is 18.7 Å². The van der Waals surface area contributed by atoms with Crippen LogP contribution in [-0.4, -0.2) is 11.9 Å². The van der Waals surface area contributed by atoms with Crippen LogP contribution in [-0.2, 0) is 6.54 Å². The van der Waals surface area contributed by atoms with Gasteiger partial charge in [-0.1, -0.05) is 18.9 Å². The fourth-order valence-electron chi connectivity index (χ4n) is 2.73. The maximum atomic E-state index is 13.2. The lowest BCUT2D eigenvalue weighted by Gasteiger charge is -2.31. The standard InChI is InChI=1S/C15H21ClFN/c1-11-6-7-14(17)8-13(11)10-18-15-5-3-2-4-12(15)9-16/h6-8,12,15,18H,2-5,9-10H2,1H3. The van der Waals surface area contributed by atoms with Gasteiger partial charge in [0.2, 0.25) is 0 Å². The molecule has 0 aromatic heterocycles. The van der Waals surface area contributed by atoms with Gasteiger partial charge in [-0.15, -0.1) is 11.6 Å². The van der Waals surface area contributed by atoms with E-state index in [0.29, 0.717) is 12.0 Å². The predicted molar refractivity (Wildman–Crippen MR) is 74.4 cm³/mol. The van der Waals surface area contributed by atoms with Crippen LogP contribution in [0.5, 0.6) is 0 Å². The topological polar surface area (TPSA) is 12.0 Å². The molecule has 0 radical (unpaired) electrons. The van der Waals surface area contributed by atoms with Crippen LogP contribution in [0.3, 0.4) is 0 Å². The summed E-state index contributed by atoms with van der Waals surface area (Å²) in [6.45, 7) is 2.76. The van der Waals surface area contributed by atoms with Crippen molar-refractivity contribution >= 4 is 11.6 Å². The molecule has 2 rings (SSSR count). The number of aryl methyl sites for hydroxylation is 1. The van der Waals surface area contributed by atoms with Crippen LogP contribution < -0.4 is 5.32 Å². The highest BCUT2D eigenvalue weighted by Gasteiger charge is 2.23. The molecular formula is C15H21ClFN. The molecule has 1 nitrogen and oxygen atoms in total. The van der Waals surface area contributed by atoms with Crippen molar-refractivity contribution in [1.82, 2.24) is 5.32 Å². The second kappa shape index (κ2) is 6.53. The quantitative estimate of drug-likeness (QED) is 0.814. The Hall–Kier alpha value is -0.600. The second-order valence-electron chi connectivity index (χ2n) is 5.26. The van der Waals surface area contributed by atoms with Crippen LogP contribution in [0.15, 0.2) is 18.2 Å². The highest BCUT2D eigenvalue weighted by molar-refractivity contribution is 6.18. The maximum Gasteiger partial charge on any atom is 0.123 e. The molecule has 1 N–H and O–H groups in total. The van der Waals surface area contributed by atoms with E-state index in [1.54, 1.807) is 6.07 Å². The third-order valence-corrected chi connectivity index (χ3v) is 4.37. The Morgan fingerprint density at radius 3 is 2.89 bits per heavy atom. The number of halogens is 2. The molecule has 18 heavy (non-hydrogen) atoms. The van der Waals surface area contributed by atoms with E-state index in [0.717, 1.165) is 23.6 Å². The van der Waals surface area contributed by atoms with Crippen molar-refractivity contribution in [3.8, 4) is 0 Å². The highest BCUT2D eigenvalue weighted by Crippen LogP contribution is 2.25. The molecule has 0 heterocycles. The first-order valence-electron chi connectivity index (χ1n) is 6.75. The first kappa shape index (κ1) is 13.8. The molecule has 1 aliphatic rings. The second-order valence-corrected chi connectivity index (χ2v) is 5.57. The molecular weight excluding hydrogens is 249 g/mol. The van der Waals surface area contributed by atoms with Crippen LogP contribution in [0.25, 0.3) is 0 Å². The lowest BCUT2D eigenvalue weighted by atomic mass is 9.85. The van der Waals surface area contributed by atoms with E-state index in [2.05, 4.69) is 5.32 Å². The molecule has 0 bridgehead atoms. The smallest absolute Gasteiger partial charge is 0.123 e. The summed E-state index contributed by atoms with van der Waals surface area (Å²) >= 11 is 6.01. The minimum absolute atomic E-state index is 0.157. The summed E-state index contributed by atoms with van der Waals surface area (Å²) in [5.41, 5.74) is 2.19. The van der Waals surface area contributed by atoms with Crippen molar-refractivity contribution in [3.63, 3.8) is 0 Å². The number of nitrogens with one attached hydrogen (secondary N) is 1. The number of alkyl halides is 1. The molecule has 0 spiro atoms. The summed E-state index contributed by atoms with van der Waals surface area (Å²) in [5, 5.41) is 3.56. The van der Waals surface area contributed by atoms with Crippen molar-refractivity contribution in [2.45, 2.75) is 45.2 Å². The number of benzene rings is 1. The Labute approximate surface area is 114 Å². The van der Waals surface area contributed by atoms with Crippen LogP contribution in [0.1, 0.15) is 36.8 Å². The highest BCUT2D eigenvalue weighted by atomic mass is 35.5. The zero-order valence-electron chi connectivity index (χ0n) is 10.9. The van der Waals surface area contributed by atoms with Gasteiger partial charge in [0.25, 0.3) is 0 Å². The minimum atomic E-state index is -0.157. The van der Waals surface area contributed by atoms with Gasteiger partial charge in [0.15, 0.2) is 0 Å². The Bertz CT molecular complexity index is 394. The molecule has 2 unspecified atom stereocenters. The molecule has 1 fully saturated rings. The van der Waals surface area contributed by atoms with Gasteiger partial charge >= 0.3 is 0 Å². The van der Waals surface area contributed by atoms with Gasteiger partial charge in [0.05, 0.1) is 0 Å². The van der Waals surface area contributed by atoms with Gasteiger partial charge in [0.1, 0.15) is 5.82 Å².